The van der Waals surface area contributed by atoms with E-state index in [-0.39, 0.29) is 40.7 Å². The molecule has 13 nitrogen and oxygen atoms in total. The molecule has 0 aliphatic carbocycles. The van der Waals surface area contributed by atoms with Gasteiger partial charge < -0.3 is 20.5 Å². The molecule has 0 saturated carbocycles. The van der Waals surface area contributed by atoms with Crippen LogP contribution < -0.4 is 43.0 Å². The van der Waals surface area contributed by atoms with Crippen LogP contribution in [-0.4, -0.2) is 31.7 Å². The molecule has 0 radical (unpaired) electrons. The molecule has 0 saturated heterocycles. The van der Waals surface area contributed by atoms with Gasteiger partial charge in [0.2, 0.25) is 6.79 Å². The lowest BCUT2D eigenvalue weighted by molar-refractivity contribution is 0.174. The third-order valence-corrected chi connectivity index (χ3v) is 5.49. The van der Waals surface area contributed by atoms with Gasteiger partial charge in [-0.3, -0.25) is 29.5 Å². The second kappa shape index (κ2) is 6.10. The summed E-state index contributed by atoms with van der Waals surface area (Å²) in [4.78, 5) is 62.7. The zero-order valence-corrected chi connectivity index (χ0v) is 16.0. The summed E-state index contributed by atoms with van der Waals surface area (Å²) in [7, 11) is 0. The van der Waals surface area contributed by atoms with Crippen molar-refractivity contribution in [3.8, 4) is 11.5 Å². The molecule has 3 aromatic heterocycles. The molecular weight excluding hydrogens is 422 g/mol. The first-order chi connectivity index (χ1) is 15.4. The fourth-order valence-electron chi connectivity index (χ4n) is 4.19. The first kappa shape index (κ1) is 18.0. The van der Waals surface area contributed by atoms with Crippen LogP contribution in [-0.2, 0) is 0 Å². The van der Waals surface area contributed by atoms with Gasteiger partial charge in [0.05, 0.1) is 11.3 Å². The number of aromatic amines is 4. The summed E-state index contributed by atoms with van der Waals surface area (Å²) < 4.78 is 10.8. The Bertz CT molecular complexity index is 1700. The molecular formula is C19H13N7O6. The topological polar surface area (TPSA) is 201 Å². The van der Waals surface area contributed by atoms with Crippen LogP contribution in [0.15, 0.2) is 37.4 Å². The van der Waals surface area contributed by atoms with Crippen molar-refractivity contribution < 1.29 is 9.47 Å². The SMILES string of the molecule is Nc1c2c(nc3[nH]c(=O)[nH]c(=O)c13)Nc1[nH]c(=O)[nH]c(=O)c1C2c1ccc2c(c1)OCO2. The number of benzene rings is 1. The number of rotatable bonds is 1. The average molecular weight is 435 g/mol. The second-order valence-corrected chi connectivity index (χ2v) is 7.29. The molecule has 0 amide bonds. The molecule has 13 heteroatoms. The number of nitrogens with two attached hydrogens (primary N) is 1. The van der Waals surface area contributed by atoms with Gasteiger partial charge in [-0.15, -0.1) is 0 Å². The number of hydrogen-bond donors (Lipinski definition) is 6. The van der Waals surface area contributed by atoms with E-state index in [0.717, 1.165) is 0 Å². The quantitative estimate of drug-likeness (QED) is 0.201. The summed E-state index contributed by atoms with van der Waals surface area (Å²) in [6, 6.07) is 5.10. The van der Waals surface area contributed by atoms with E-state index in [9.17, 15) is 19.2 Å². The summed E-state index contributed by atoms with van der Waals surface area (Å²) in [5, 5.41) is 2.86. The van der Waals surface area contributed by atoms with Gasteiger partial charge in [0.15, 0.2) is 17.1 Å². The molecule has 5 heterocycles. The predicted molar refractivity (Wildman–Crippen MR) is 112 cm³/mol. The Kier molecular flexibility index (Phi) is 3.43. The number of nitrogen functional groups attached to an aromatic ring is 1. The minimum atomic E-state index is -0.820. The van der Waals surface area contributed by atoms with Crippen LogP contribution in [0.1, 0.15) is 22.6 Å². The largest absolute Gasteiger partial charge is 0.454 e. The van der Waals surface area contributed by atoms with Crippen LogP contribution in [0.4, 0.5) is 17.3 Å². The van der Waals surface area contributed by atoms with Crippen molar-refractivity contribution in [1.82, 2.24) is 24.9 Å². The first-order valence-electron chi connectivity index (χ1n) is 9.39. The summed E-state index contributed by atoms with van der Waals surface area (Å²) in [5.74, 6) is 0.483. The molecule has 6 rings (SSSR count). The number of fused-ring (bicyclic) bond motifs is 4. The number of aromatic nitrogens is 5. The van der Waals surface area contributed by atoms with Gasteiger partial charge in [-0.2, -0.15) is 0 Å². The van der Waals surface area contributed by atoms with E-state index in [1.165, 1.54) is 0 Å². The van der Waals surface area contributed by atoms with E-state index in [2.05, 4.69) is 30.2 Å². The van der Waals surface area contributed by atoms with Crippen molar-refractivity contribution in [2.75, 3.05) is 17.8 Å². The first-order valence-corrected chi connectivity index (χ1v) is 9.39. The fourth-order valence-corrected chi connectivity index (χ4v) is 4.19. The highest BCUT2D eigenvalue weighted by Crippen LogP contribution is 2.47. The lowest BCUT2D eigenvalue weighted by Gasteiger charge is -2.29. The molecule has 0 spiro atoms. The Morgan fingerprint density at radius 1 is 0.906 bits per heavy atom. The van der Waals surface area contributed by atoms with Crippen LogP contribution in [0.5, 0.6) is 11.5 Å². The Labute approximate surface area is 175 Å². The summed E-state index contributed by atoms with van der Waals surface area (Å²) in [6.45, 7) is 0.0587. The molecule has 32 heavy (non-hydrogen) atoms. The van der Waals surface area contributed by atoms with Crippen molar-refractivity contribution in [1.29, 1.82) is 0 Å². The Morgan fingerprint density at radius 2 is 1.66 bits per heavy atom. The van der Waals surface area contributed by atoms with Crippen molar-refractivity contribution in [2.24, 2.45) is 0 Å². The minimum absolute atomic E-state index is 0.0221. The lowest BCUT2D eigenvalue weighted by atomic mass is 9.82. The van der Waals surface area contributed by atoms with E-state index in [4.69, 9.17) is 15.2 Å². The lowest BCUT2D eigenvalue weighted by Crippen LogP contribution is -2.33. The number of hydrogen-bond acceptors (Lipinski definition) is 9. The molecule has 2 aliphatic heterocycles. The fraction of sp³-hybridized carbons (Fsp3) is 0.105. The van der Waals surface area contributed by atoms with Gasteiger partial charge in [-0.25, -0.2) is 14.6 Å². The highest BCUT2D eigenvalue weighted by Gasteiger charge is 2.35. The third kappa shape index (κ3) is 2.41. The van der Waals surface area contributed by atoms with Crippen LogP contribution in [0.25, 0.3) is 11.0 Å². The molecule has 160 valence electrons. The standard InChI is InChI=1S/C19H13N7O6/c20-12-9-8(5-1-2-6-7(3-5)32-4-31-6)10-14(23-18(29)25-16(10)27)21-13(9)22-15-11(12)17(28)26-19(30)24-15/h1-3,8H,4H2,(H7,20,21,22,23,24,25,26,27,28,29,30). The number of ether oxygens (including phenoxy) is 2. The predicted octanol–water partition coefficient (Wildman–Crippen LogP) is -0.464. The minimum Gasteiger partial charge on any atom is -0.454 e. The van der Waals surface area contributed by atoms with Gasteiger partial charge >= 0.3 is 11.4 Å². The number of H-pyrrole nitrogens is 4. The molecule has 1 aromatic carbocycles. The summed E-state index contributed by atoms with van der Waals surface area (Å²) >= 11 is 0. The number of nitrogens with one attached hydrogen (secondary N) is 5. The molecule has 1 atom stereocenters. The van der Waals surface area contributed by atoms with Crippen molar-refractivity contribution >= 4 is 28.4 Å². The van der Waals surface area contributed by atoms with Crippen LogP contribution in [0.3, 0.4) is 0 Å². The summed E-state index contributed by atoms with van der Waals surface area (Å²) in [5.41, 5.74) is 4.66. The average Bonchev–Trinajstić information content (AvgIpc) is 3.19. The van der Waals surface area contributed by atoms with Gasteiger partial charge in [0.25, 0.3) is 11.1 Å². The van der Waals surface area contributed by atoms with Crippen LogP contribution in [0, 0.1) is 0 Å². The summed E-state index contributed by atoms with van der Waals surface area (Å²) in [6.07, 6.45) is 0. The van der Waals surface area contributed by atoms with E-state index >= 15 is 0 Å². The van der Waals surface area contributed by atoms with Gasteiger partial charge in [0, 0.05) is 11.5 Å². The molecule has 4 aromatic rings. The van der Waals surface area contributed by atoms with Gasteiger partial charge in [-0.05, 0) is 17.7 Å². The Balaban J connectivity index is 1.73. The van der Waals surface area contributed by atoms with Crippen molar-refractivity contribution in [3.05, 3.63) is 76.6 Å². The zero-order valence-electron chi connectivity index (χ0n) is 16.0. The molecule has 7 N–H and O–H groups in total. The van der Waals surface area contributed by atoms with E-state index in [0.29, 0.717) is 22.6 Å². The highest BCUT2D eigenvalue weighted by atomic mass is 16.7. The Hall–Kier alpha value is -4.81. The van der Waals surface area contributed by atoms with E-state index in [1.807, 2.05) is 0 Å². The van der Waals surface area contributed by atoms with Gasteiger partial charge in [0.1, 0.15) is 17.0 Å². The number of pyridine rings is 1. The maximum absolute atomic E-state index is 12.9. The van der Waals surface area contributed by atoms with Crippen molar-refractivity contribution in [2.45, 2.75) is 5.92 Å². The zero-order chi connectivity index (χ0) is 22.1. The molecule has 2 aliphatic rings. The third-order valence-electron chi connectivity index (χ3n) is 5.49. The second-order valence-electron chi connectivity index (χ2n) is 7.29. The maximum Gasteiger partial charge on any atom is 0.327 e. The van der Waals surface area contributed by atoms with Gasteiger partial charge in [-0.1, -0.05) is 6.07 Å². The highest BCUT2D eigenvalue weighted by molar-refractivity contribution is 5.94. The van der Waals surface area contributed by atoms with E-state index in [1.54, 1.807) is 18.2 Å². The normalized spacial score (nSPS) is 15.8. The number of nitrogens with zero attached hydrogens (tertiary/aromatic N) is 1. The Morgan fingerprint density at radius 3 is 2.50 bits per heavy atom. The monoisotopic (exact) mass is 435 g/mol. The van der Waals surface area contributed by atoms with Crippen molar-refractivity contribution in [3.63, 3.8) is 0 Å². The smallest absolute Gasteiger partial charge is 0.327 e. The molecule has 0 bridgehead atoms. The number of anilines is 3. The van der Waals surface area contributed by atoms with Crippen LogP contribution in [0.2, 0.25) is 0 Å². The van der Waals surface area contributed by atoms with Crippen LogP contribution >= 0.6 is 0 Å². The maximum atomic E-state index is 12.9. The molecule has 0 fully saturated rings. The molecule has 1 unspecified atom stereocenters. The van der Waals surface area contributed by atoms with E-state index < -0.39 is 28.4 Å².